The molecule has 2 saturated heterocycles. The van der Waals surface area contributed by atoms with Crippen LogP contribution in [0.15, 0.2) is 10.6 Å². The van der Waals surface area contributed by atoms with Crippen molar-refractivity contribution in [3.8, 4) is 0 Å². The number of guanidine groups is 1. The van der Waals surface area contributed by atoms with Crippen molar-refractivity contribution in [3.63, 3.8) is 0 Å². The Labute approximate surface area is 155 Å². The highest BCUT2D eigenvalue weighted by Crippen LogP contribution is 2.41. The SMILES string of the molecule is N=C(N)N[C@H]1C[C@@H](c2cc([C@@H]3CC[C@H]4CN3C(=O)N4OS(=O)(=O)O)no2)C1. The van der Waals surface area contributed by atoms with Crippen LogP contribution in [0.2, 0.25) is 0 Å². The first kappa shape index (κ1) is 18.0. The van der Waals surface area contributed by atoms with Crippen molar-refractivity contribution in [2.45, 2.75) is 49.7 Å². The Kier molecular flexibility index (Phi) is 4.24. The van der Waals surface area contributed by atoms with Crippen LogP contribution in [0.4, 0.5) is 4.79 Å². The second-order valence-electron chi connectivity index (χ2n) is 7.09. The lowest BCUT2D eigenvalue weighted by atomic mass is 9.78. The van der Waals surface area contributed by atoms with Gasteiger partial charge in [-0.25, -0.2) is 4.79 Å². The van der Waals surface area contributed by atoms with E-state index in [1.807, 2.05) is 6.07 Å². The van der Waals surface area contributed by atoms with E-state index >= 15 is 0 Å². The fraction of sp³-hybridized carbons (Fsp3) is 0.643. The topological polar surface area (TPSA) is 175 Å². The number of rotatable bonds is 5. The quantitative estimate of drug-likeness (QED) is 0.303. The number of carbonyl (C=O) groups excluding carboxylic acids is 1. The van der Waals surface area contributed by atoms with E-state index in [-0.39, 0.29) is 30.5 Å². The molecule has 1 aromatic heterocycles. The van der Waals surface area contributed by atoms with Gasteiger partial charge in [-0.1, -0.05) is 5.16 Å². The molecule has 148 valence electrons. The standard InChI is InChI=1S/C14H20N6O6S/c15-13(16)17-8-3-7(4-8)12-5-10(18-25-12)11-2-1-9-6-19(11)14(21)20(9)26-27(22,23)24/h5,7-9,11H,1-4,6H2,(H4,15,16,17)(H,22,23,24)/t7-,8+,9-,11-/m0/s1. The number of fused-ring (bicyclic) bond motifs is 2. The summed E-state index contributed by atoms with van der Waals surface area (Å²) >= 11 is 0. The van der Waals surface area contributed by atoms with Crippen molar-refractivity contribution >= 4 is 22.4 Å². The minimum Gasteiger partial charge on any atom is -0.370 e. The summed E-state index contributed by atoms with van der Waals surface area (Å²) in [6.45, 7) is 0.287. The molecule has 27 heavy (non-hydrogen) atoms. The van der Waals surface area contributed by atoms with Crippen LogP contribution >= 0.6 is 0 Å². The molecule has 2 atom stereocenters. The minimum absolute atomic E-state index is 0.0577. The predicted molar refractivity (Wildman–Crippen MR) is 89.7 cm³/mol. The number of aromatic nitrogens is 1. The molecule has 1 aliphatic carbocycles. The van der Waals surface area contributed by atoms with E-state index < -0.39 is 22.5 Å². The van der Waals surface area contributed by atoms with E-state index in [1.165, 1.54) is 4.90 Å². The van der Waals surface area contributed by atoms with Gasteiger partial charge in [0.25, 0.3) is 0 Å². The molecule has 1 saturated carbocycles. The molecule has 3 fully saturated rings. The van der Waals surface area contributed by atoms with Gasteiger partial charge in [-0.2, -0.15) is 13.5 Å². The number of hydrogen-bond acceptors (Lipinski definition) is 7. The van der Waals surface area contributed by atoms with Gasteiger partial charge < -0.3 is 20.5 Å². The average molecular weight is 400 g/mol. The molecular weight excluding hydrogens is 380 g/mol. The van der Waals surface area contributed by atoms with E-state index in [0.717, 1.165) is 12.8 Å². The summed E-state index contributed by atoms with van der Waals surface area (Å²) in [5, 5.41) is 14.9. The third-order valence-corrected chi connectivity index (χ3v) is 5.63. The Morgan fingerprint density at radius 3 is 2.85 bits per heavy atom. The van der Waals surface area contributed by atoms with Gasteiger partial charge in [-0.3, -0.25) is 9.96 Å². The third kappa shape index (κ3) is 3.44. The number of nitrogens with two attached hydrogens (primary N) is 1. The van der Waals surface area contributed by atoms with Gasteiger partial charge >= 0.3 is 16.4 Å². The molecule has 13 heteroatoms. The van der Waals surface area contributed by atoms with Gasteiger partial charge in [0, 0.05) is 24.6 Å². The number of urea groups is 1. The summed E-state index contributed by atoms with van der Waals surface area (Å²) in [5.74, 6) is 0.831. The first-order valence-electron chi connectivity index (χ1n) is 8.55. The van der Waals surface area contributed by atoms with Gasteiger partial charge in [-0.15, -0.1) is 4.28 Å². The van der Waals surface area contributed by atoms with Gasteiger partial charge in [0.15, 0.2) is 5.96 Å². The molecule has 5 N–H and O–H groups in total. The maximum atomic E-state index is 12.5. The Morgan fingerprint density at radius 1 is 1.44 bits per heavy atom. The molecule has 0 radical (unpaired) electrons. The summed E-state index contributed by atoms with van der Waals surface area (Å²) in [4.78, 5) is 13.9. The molecular formula is C14H20N6O6S. The zero-order valence-corrected chi connectivity index (χ0v) is 15.1. The molecule has 3 aliphatic rings. The summed E-state index contributed by atoms with van der Waals surface area (Å²) in [6, 6.07) is 0.556. The number of nitrogens with one attached hydrogen (secondary N) is 2. The zero-order chi connectivity index (χ0) is 19.3. The molecule has 2 amide bonds. The maximum Gasteiger partial charge on any atom is 0.418 e. The highest BCUT2D eigenvalue weighted by atomic mass is 32.3. The normalized spacial score (nSPS) is 30.3. The second kappa shape index (κ2) is 6.35. The van der Waals surface area contributed by atoms with Crippen LogP contribution < -0.4 is 11.1 Å². The van der Waals surface area contributed by atoms with Gasteiger partial charge in [0.2, 0.25) is 0 Å². The molecule has 0 unspecified atom stereocenters. The number of nitrogens with zero attached hydrogens (tertiary/aromatic N) is 3. The number of hydrogen-bond donors (Lipinski definition) is 4. The molecule has 3 heterocycles. The lowest BCUT2D eigenvalue weighted by Crippen LogP contribution is -2.46. The fourth-order valence-electron chi connectivity index (χ4n) is 3.98. The smallest absolute Gasteiger partial charge is 0.370 e. The van der Waals surface area contributed by atoms with E-state index in [9.17, 15) is 13.2 Å². The maximum absolute atomic E-state index is 12.5. The second-order valence-corrected chi connectivity index (χ2v) is 8.09. The predicted octanol–water partition coefficient (Wildman–Crippen LogP) is 0.0792. The van der Waals surface area contributed by atoms with Gasteiger partial charge in [-0.05, 0) is 25.7 Å². The molecule has 4 rings (SSSR count). The third-order valence-electron chi connectivity index (χ3n) is 5.29. The van der Waals surface area contributed by atoms with Crippen LogP contribution in [0.3, 0.4) is 0 Å². The average Bonchev–Trinajstić information content (AvgIpc) is 3.10. The molecule has 1 aromatic rings. The highest BCUT2D eigenvalue weighted by Gasteiger charge is 2.48. The van der Waals surface area contributed by atoms with Crippen LogP contribution in [-0.2, 0) is 14.7 Å². The summed E-state index contributed by atoms with van der Waals surface area (Å²) in [6.07, 6.45) is 2.64. The van der Waals surface area contributed by atoms with E-state index in [0.29, 0.717) is 29.4 Å². The Bertz CT molecular complexity index is 865. The fourth-order valence-corrected chi connectivity index (χ4v) is 4.37. The largest absolute Gasteiger partial charge is 0.418 e. The number of amides is 2. The minimum atomic E-state index is -4.76. The van der Waals surface area contributed by atoms with Gasteiger partial charge in [0.05, 0.1) is 12.1 Å². The van der Waals surface area contributed by atoms with Crippen molar-refractivity contribution < 1.29 is 26.6 Å². The van der Waals surface area contributed by atoms with Crippen molar-refractivity contribution in [2.75, 3.05) is 6.54 Å². The lowest BCUT2D eigenvalue weighted by molar-refractivity contribution is -0.0317. The van der Waals surface area contributed by atoms with Crippen LogP contribution in [0.1, 0.15) is 49.1 Å². The molecule has 12 nitrogen and oxygen atoms in total. The van der Waals surface area contributed by atoms with Crippen molar-refractivity contribution in [1.82, 2.24) is 20.4 Å². The van der Waals surface area contributed by atoms with Gasteiger partial charge in [0.1, 0.15) is 11.5 Å². The Balaban J connectivity index is 1.43. The van der Waals surface area contributed by atoms with Crippen LogP contribution in [0, 0.1) is 5.41 Å². The van der Waals surface area contributed by atoms with Crippen LogP contribution in [0.25, 0.3) is 0 Å². The first-order valence-corrected chi connectivity index (χ1v) is 9.91. The summed E-state index contributed by atoms with van der Waals surface area (Å²) < 4.78 is 40.6. The number of hydroxylamine groups is 2. The highest BCUT2D eigenvalue weighted by molar-refractivity contribution is 7.80. The van der Waals surface area contributed by atoms with E-state index in [2.05, 4.69) is 14.8 Å². The Morgan fingerprint density at radius 2 is 2.19 bits per heavy atom. The van der Waals surface area contributed by atoms with Crippen molar-refractivity contribution in [1.29, 1.82) is 5.41 Å². The number of piperidine rings is 1. The van der Waals surface area contributed by atoms with Crippen LogP contribution in [0.5, 0.6) is 0 Å². The lowest BCUT2D eigenvalue weighted by Gasteiger charge is -2.34. The molecule has 0 aromatic carbocycles. The Hall–Kier alpha value is -2.38. The van der Waals surface area contributed by atoms with E-state index in [1.54, 1.807) is 0 Å². The monoisotopic (exact) mass is 400 g/mol. The molecule has 2 aliphatic heterocycles. The van der Waals surface area contributed by atoms with Crippen LogP contribution in [-0.4, -0.2) is 58.7 Å². The zero-order valence-electron chi connectivity index (χ0n) is 14.2. The first-order chi connectivity index (χ1) is 12.7. The summed E-state index contributed by atoms with van der Waals surface area (Å²) in [7, 11) is -4.76. The van der Waals surface area contributed by atoms with E-state index in [4.69, 9.17) is 20.2 Å². The van der Waals surface area contributed by atoms with Crippen molar-refractivity contribution in [2.24, 2.45) is 5.73 Å². The van der Waals surface area contributed by atoms with Crippen molar-refractivity contribution in [3.05, 3.63) is 17.5 Å². The molecule has 0 spiro atoms. The summed E-state index contributed by atoms with van der Waals surface area (Å²) in [5.41, 5.74) is 5.92. The molecule has 2 bridgehead atoms. The number of carbonyl (C=O) groups is 1.